The summed E-state index contributed by atoms with van der Waals surface area (Å²) >= 11 is 0. The van der Waals surface area contributed by atoms with Gasteiger partial charge in [0.25, 0.3) is 0 Å². The van der Waals surface area contributed by atoms with E-state index in [-0.39, 0.29) is 11.6 Å². The van der Waals surface area contributed by atoms with Crippen LogP contribution in [-0.2, 0) is 11.3 Å². The Kier molecular flexibility index (Phi) is 4.59. The summed E-state index contributed by atoms with van der Waals surface area (Å²) in [5.74, 6) is -2.22. The topological polar surface area (TPSA) is 81.3 Å². The summed E-state index contributed by atoms with van der Waals surface area (Å²) in [6.45, 7) is 3.51. The quantitative estimate of drug-likeness (QED) is 0.750. The number of hydrogen-bond donors (Lipinski definition) is 1. The van der Waals surface area contributed by atoms with Gasteiger partial charge in [0.15, 0.2) is 6.20 Å². The second kappa shape index (κ2) is 5.95. The zero-order chi connectivity index (χ0) is 13.7. The molecule has 0 bridgehead atoms. The van der Waals surface area contributed by atoms with Gasteiger partial charge in [-0.05, 0) is 12.0 Å². The van der Waals surface area contributed by atoms with Crippen molar-refractivity contribution in [2.24, 2.45) is 5.92 Å². The number of carbonyl (C=O) groups is 2. The molecule has 5 nitrogen and oxygen atoms in total. The summed E-state index contributed by atoms with van der Waals surface area (Å²) in [5.41, 5.74) is 0.309. The lowest BCUT2D eigenvalue weighted by Crippen LogP contribution is -2.47. The standard InChI is InChI=1S/C13H15NO4/c1-9(2)5-6-10-4-3-7-14(8-11(15)16)12(10)13(17)18/h3-7,9H,8H2,1-2H3,(H-,15,16,17,18)/b6-5+. The van der Waals surface area contributed by atoms with Crippen molar-refractivity contribution in [3.8, 4) is 0 Å². The molecular weight excluding hydrogens is 234 g/mol. The van der Waals surface area contributed by atoms with Crippen LogP contribution in [0.15, 0.2) is 24.4 Å². The summed E-state index contributed by atoms with van der Waals surface area (Å²) in [7, 11) is 0. The highest BCUT2D eigenvalue weighted by atomic mass is 16.4. The van der Waals surface area contributed by atoms with Crippen LogP contribution >= 0.6 is 0 Å². The average molecular weight is 249 g/mol. The Morgan fingerprint density at radius 2 is 2.17 bits per heavy atom. The average Bonchev–Trinajstić information content (AvgIpc) is 2.25. The third kappa shape index (κ3) is 3.69. The van der Waals surface area contributed by atoms with Crippen LogP contribution in [0.4, 0.5) is 0 Å². The maximum atomic E-state index is 11.1. The maximum Gasteiger partial charge on any atom is 0.370 e. The molecule has 0 aromatic carbocycles. The van der Waals surface area contributed by atoms with Crippen molar-refractivity contribution in [3.05, 3.63) is 35.7 Å². The molecule has 1 heterocycles. The number of aromatic carboxylic acids is 1. The smallest absolute Gasteiger partial charge is 0.370 e. The number of carboxylic acids is 2. The third-order valence-electron chi connectivity index (χ3n) is 2.26. The second-order valence-corrected chi connectivity index (χ2v) is 4.22. The van der Waals surface area contributed by atoms with E-state index in [1.165, 1.54) is 6.20 Å². The Labute approximate surface area is 105 Å². The van der Waals surface area contributed by atoms with Gasteiger partial charge < -0.3 is 15.0 Å². The highest BCUT2D eigenvalue weighted by molar-refractivity contribution is 5.86. The highest BCUT2D eigenvalue weighted by Gasteiger charge is 2.18. The summed E-state index contributed by atoms with van der Waals surface area (Å²) in [5, 5.41) is 19.8. The molecule has 96 valence electrons. The molecule has 1 aromatic rings. The van der Waals surface area contributed by atoms with Crippen molar-refractivity contribution in [2.45, 2.75) is 20.4 Å². The molecule has 0 unspecified atom stereocenters. The largest absolute Gasteiger partial charge is 0.539 e. The summed E-state index contributed by atoms with van der Waals surface area (Å²) < 4.78 is 1.15. The van der Waals surface area contributed by atoms with Gasteiger partial charge in [-0.2, -0.15) is 4.57 Å². The molecule has 0 aliphatic heterocycles. The number of hydrogen-bond acceptors (Lipinski definition) is 3. The number of rotatable bonds is 5. The number of pyridine rings is 1. The Bertz CT molecular complexity index is 492. The third-order valence-corrected chi connectivity index (χ3v) is 2.26. The molecule has 1 rings (SSSR count). The monoisotopic (exact) mass is 249 g/mol. The van der Waals surface area contributed by atoms with E-state index in [2.05, 4.69) is 0 Å². The van der Waals surface area contributed by atoms with Gasteiger partial charge in [0, 0.05) is 11.6 Å². The van der Waals surface area contributed by atoms with Gasteiger partial charge in [0.1, 0.15) is 5.97 Å². The fourth-order valence-electron chi connectivity index (χ4n) is 1.51. The van der Waals surface area contributed by atoms with Crippen LogP contribution in [0.1, 0.15) is 29.9 Å². The van der Waals surface area contributed by atoms with Gasteiger partial charge in [-0.15, -0.1) is 0 Å². The zero-order valence-electron chi connectivity index (χ0n) is 10.3. The molecule has 0 saturated heterocycles. The molecule has 0 amide bonds. The molecule has 0 fully saturated rings. The molecule has 1 aromatic heterocycles. The molecular formula is C13H15NO4. The number of carbonyl (C=O) groups excluding carboxylic acids is 1. The molecule has 0 spiro atoms. The normalized spacial score (nSPS) is 11.1. The lowest BCUT2D eigenvalue weighted by Gasteiger charge is -2.06. The van der Waals surface area contributed by atoms with Crippen LogP contribution in [0, 0.1) is 5.92 Å². The first-order valence-corrected chi connectivity index (χ1v) is 5.55. The van der Waals surface area contributed by atoms with Gasteiger partial charge in [-0.3, -0.25) is 0 Å². The number of allylic oxidation sites excluding steroid dienone is 1. The Morgan fingerprint density at radius 3 is 2.67 bits per heavy atom. The fraction of sp³-hybridized carbons (Fsp3) is 0.308. The number of aromatic nitrogens is 1. The van der Waals surface area contributed by atoms with Gasteiger partial charge >= 0.3 is 5.97 Å². The van der Waals surface area contributed by atoms with Gasteiger partial charge in [-0.1, -0.05) is 26.0 Å². The lowest BCUT2D eigenvalue weighted by molar-refractivity contribution is -0.690. The number of aliphatic carboxylic acids is 1. The van der Waals surface area contributed by atoms with Crippen LogP contribution in [0.25, 0.3) is 6.08 Å². The van der Waals surface area contributed by atoms with Crippen LogP contribution in [0.5, 0.6) is 0 Å². The first-order chi connectivity index (χ1) is 8.41. The van der Waals surface area contributed by atoms with E-state index < -0.39 is 18.5 Å². The molecule has 18 heavy (non-hydrogen) atoms. The minimum Gasteiger partial charge on any atom is -0.539 e. The van der Waals surface area contributed by atoms with Crippen molar-refractivity contribution in [2.75, 3.05) is 0 Å². The van der Waals surface area contributed by atoms with E-state index in [1.807, 2.05) is 19.9 Å². The van der Waals surface area contributed by atoms with Crippen LogP contribution in [0.2, 0.25) is 0 Å². The fourth-order valence-corrected chi connectivity index (χ4v) is 1.51. The molecule has 1 N–H and O–H groups in total. The van der Waals surface area contributed by atoms with E-state index in [1.54, 1.807) is 18.2 Å². The summed E-state index contributed by atoms with van der Waals surface area (Å²) in [6, 6.07) is 3.22. The van der Waals surface area contributed by atoms with Crippen LogP contribution in [0.3, 0.4) is 0 Å². The van der Waals surface area contributed by atoms with Crippen LogP contribution in [-0.4, -0.2) is 17.0 Å². The number of carboxylic acid groups (broad SMARTS) is 2. The van der Waals surface area contributed by atoms with E-state index in [4.69, 9.17) is 5.11 Å². The summed E-state index contributed by atoms with van der Waals surface area (Å²) in [4.78, 5) is 21.8. The Morgan fingerprint density at radius 1 is 1.50 bits per heavy atom. The van der Waals surface area contributed by atoms with Crippen LogP contribution < -0.4 is 9.67 Å². The Hall–Kier alpha value is -2.17. The molecule has 5 heteroatoms. The van der Waals surface area contributed by atoms with E-state index in [0.29, 0.717) is 5.56 Å². The lowest BCUT2D eigenvalue weighted by atomic mass is 10.1. The van der Waals surface area contributed by atoms with Gasteiger partial charge in [0.05, 0.1) is 0 Å². The zero-order valence-corrected chi connectivity index (χ0v) is 10.3. The first-order valence-electron chi connectivity index (χ1n) is 5.55. The summed E-state index contributed by atoms with van der Waals surface area (Å²) in [6.07, 6.45) is 4.91. The van der Waals surface area contributed by atoms with E-state index in [0.717, 1.165) is 4.57 Å². The van der Waals surface area contributed by atoms with E-state index >= 15 is 0 Å². The van der Waals surface area contributed by atoms with Crippen molar-refractivity contribution in [1.82, 2.24) is 0 Å². The maximum absolute atomic E-state index is 11.1. The first kappa shape index (κ1) is 13.9. The van der Waals surface area contributed by atoms with Gasteiger partial charge in [0.2, 0.25) is 12.2 Å². The molecule has 0 atom stereocenters. The minimum atomic E-state index is -1.39. The predicted molar refractivity (Wildman–Crippen MR) is 62.5 cm³/mol. The highest BCUT2D eigenvalue weighted by Crippen LogP contribution is 2.08. The van der Waals surface area contributed by atoms with Gasteiger partial charge in [-0.25, -0.2) is 4.79 Å². The molecule has 0 aliphatic rings. The van der Waals surface area contributed by atoms with Crippen molar-refractivity contribution >= 4 is 18.0 Å². The Balaban J connectivity index is 3.25. The minimum absolute atomic E-state index is 0.128. The van der Waals surface area contributed by atoms with Crippen molar-refractivity contribution < 1.29 is 24.4 Å². The molecule has 0 saturated carbocycles. The van der Waals surface area contributed by atoms with Crippen molar-refractivity contribution in [3.63, 3.8) is 0 Å². The van der Waals surface area contributed by atoms with E-state index in [9.17, 15) is 14.7 Å². The predicted octanol–water partition coefficient (Wildman–Crippen LogP) is 0.0914. The molecule has 0 radical (unpaired) electrons. The SMILES string of the molecule is CC(C)/C=C/c1ccc[n+](CC(=O)O)c1C(=O)[O-]. The molecule has 0 aliphatic carbocycles. The van der Waals surface area contributed by atoms with Crippen molar-refractivity contribution in [1.29, 1.82) is 0 Å². The number of nitrogens with zero attached hydrogens (tertiary/aromatic N) is 1. The second-order valence-electron chi connectivity index (χ2n) is 4.22.